The molecule has 0 bridgehead atoms. The Hall–Kier alpha value is -2.95. The molecule has 4 rings (SSSR count). The third-order valence-electron chi connectivity index (χ3n) is 5.49. The zero-order valence-electron chi connectivity index (χ0n) is 15.3. The lowest BCUT2D eigenvalue weighted by molar-refractivity contribution is -0.136. The first-order chi connectivity index (χ1) is 13.0. The Kier molecular flexibility index (Phi) is 4.52. The average Bonchev–Trinajstić information content (AvgIpc) is 3.12. The van der Waals surface area contributed by atoms with Gasteiger partial charge in [-0.05, 0) is 30.0 Å². The minimum Gasteiger partial charge on any atom is -0.344 e. The van der Waals surface area contributed by atoms with E-state index in [-0.39, 0.29) is 23.5 Å². The monoisotopic (exact) mass is 362 g/mol. The number of Topliss-reactive ketones (excluding diaryl/α,β-unsaturated/α-hetero) is 1. The number of rotatable bonds is 3. The largest absolute Gasteiger partial charge is 0.344 e. The van der Waals surface area contributed by atoms with E-state index in [1.54, 1.807) is 17.9 Å². The van der Waals surface area contributed by atoms with Crippen molar-refractivity contribution in [2.24, 2.45) is 0 Å². The van der Waals surface area contributed by atoms with E-state index in [1.165, 1.54) is 0 Å². The molecule has 2 aromatic rings. The predicted octanol–water partition coefficient (Wildman–Crippen LogP) is 2.79. The number of amides is 2. The molecule has 1 heterocycles. The van der Waals surface area contributed by atoms with Gasteiger partial charge < -0.3 is 10.2 Å². The third kappa shape index (κ3) is 3.25. The van der Waals surface area contributed by atoms with E-state index in [0.717, 1.165) is 16.7 Å². The molecule has 27 heavy (non-hydrogen) atoms. The zero-order valence-corrected chi connectivity index (χ0v) is 15.3. The maximum Gasteiger partial charge on any atom is 0.245 e. The van der Waals surface area contributed by atoms with Crippen LogP contribution in [0, 0.1) is 0 Å². The van der Waals surface area contributed by atoms with Crippen molar-refractivity contribution in [2.45, 2.75) is 44.8 Å². The Bertz CT molecular complexity index is 896. The molecule has 2 aliphatic rings. The summed E-state index contributed by atoms with van der Waals surface area (Å²) in [6, 6.07) is 14.7. The fraction of sp³-hybridized carbons (Fsp3) is 0.318. The molecule has 2 aromatic carbocycles. The van der Waals surface area contributed by atoms with E-state index in [1.807, 2.05) is 42.5 Å². The van der Waals surface area contributed by atoms with Crippen LogP contribution in [0.5, 0.6) is 0 Å². The number of benzene rings is 2. The fourth-order valence-corrected chi connectivity index (χ4v) is 4.03. The van der Waals surface area contributed by atoms with Crippen LogP contribution < -0.4 is 5.32 Å². The van der Waals surface area contributed by atoms with Crippen LogP contribution in [0.3, 0.4) is 0 Å². The lowest BCUT2D eigenvalue weighted by Gasteiger charge is -2.26. The molecule has 0 saturated carbocycles. The molecule has 2 amide bonds. The lowest BCUT2D eigenvalue weighted by atomic mass is 9.81. The first kappa shape index (κ1) is 17.5. The topological polar surface area (TPSA) is 66.5 Å². The number of carbonyl (C=O) groups excluding carboxylic acids is 3. The van der Waals surface area contributed by atoms with Crippen LogP contribution in [0.25, 0.3) is 0 Å². The van der Waals surface area contributed by atoms with Crippen molar-refractivity contribution in [1.82, 2.24) is 10.2 Å². The van der Waals surface area contributed by atoms with Crippen LogP contribution in [-0.2, 0) is 22.7 Å². The number of hydrogen-bond acceptors (Lipinski definition) is 3. The molecule has 0 saturated heterocycles. The summed E-state index contributed by atoms with van der Waals surface area (Å²) in [5, 5.41) is 2.87. The van der Waals surface area contributed by atoms with Crippen LogP contribution in [0.2, 0.25) is 0 Å². The van der Waals surface area contributed by atoms with Gasteiger partial charge >= 0.3 is 0 Å². The minimum atomic E-state index is -0.600. The molecule has 138 valence electrons. The summed E-state index contributed by atoms with van der Waals surface area (Å²) in [5.41, 5.74) is 3.70. The van der Waals surface area contributed by atoms with Gasteiger partial charge in [-0.25, -0.2) is 0 Å². The summed E-state index contributed by atoms with van der Waals surface area (Å²) < 4.78 is 0. The van der Waals surface area contributed by atoms with Gasteiger partial charge in [0.15, 0.2) is 5.78 Å². The molecule has 1 unspecified atom stereocenters. The Morgan fingerprint density at radius 1 is 1.04 bits per heavy atom. The van der Waals surface area contributed by atoms with Crippen molar-refractivity contribution in [3.63, 3.8) is 0 Å². The van der Waals surface area contributed by atoms with Crippen LogP contribution >= 0.6 is 0 Å². The molecule has 1 N–H and O–H groups in total. The Morgan fingerprint density at radius 3 is 2.37 bits per heavy atom. The maximum atomic E-state index is 12.8. The van der Waals surface area contributed by atoms with E-state index in [2.05, 4.69) is 5.32 Å². The summed E-state index contributed by atoms with van der Waals surface area (Å²) >= 11 is 0. The molecule has 0 fully saturated rings. The number of nitrogens with one attached hydrogen (secondary N) is 1. The molecule has 0 spiro atoms. The predicted molar refractivity (Wildman–Crippen MR) is 101 cm³/mol. The van der Waals surface area contributed by atoms with E-state index >= 15 is 0 Å². The first-order valence-electron chi connectivity index (χ1n) is 9.32. The van der Waals surface area contributed by atoms with Gasteiger partial charge in [-0.15, -0.1) is 0 Å². The van der Waals surface area contributed by atoms with Gasteiger partial charge in [0.25, 0.3) is 0 Å². The van der Waals surface area contributed by atoms with Crippen LogP contribution in [0.4, 0.5) is 0 Å². The first-order valence-corrected chi connectivity index (χ1v) is 9.32. The van der Waals surface area contributed by atoms with Crippen molar-refractivity contribution in [3.05, 3.63) is 70.8 Å². The van der Waals surface area contributed by atoms with Gasteiger partial charge in [0.05, 0.1) is 5.92 Å². The van der Waals surface area contributed by atoms with Crippen LogP contribution in [-0.4, -0.2) is 28.5 Å². The van der Waals surface area contributed by atoms with Crippen molar-refractivity contribution < 1.29 is 14.4 Å². The SMILES string of the molecule is C[C@H](NC(=O)C1CCC(=O)c2ccccc21)C(=O)N1Cc2ccccc2C1. The molecule has 5 nitrogen and oxygen atoms in total. The number of fused-ring (bicyclic) bond motifs is 2. The van der Waals surface area contributed by atoms with E-state index in [0.29, 0.717) is 31.5 Å². The molecule has 0 aromatic heterocycles. The number of hydrogen-bond donors (Lipinski definition) is 1. The van der Waals surface area contributed by atoms with Crippen LogP contribution in [0.15, 0.2) is 48.5 Å². The summed E-state index contributed by atoms with van der Waals surface area (Å²) in [6.07, 6.45) is 0.844. The summed E-state index contributed by atoms with van der Waals surface area (Å²) in [6.45, 7) is 2.88. The third-order valence-corrected chi connectivity index (χ3v) is 5.49. The van der Waals surface area contributed by atoms with Crippen molar-refractivity contribution in [1.29, 1.82) is 0 Å². The lowest BCUT2D eigenvalue weighted by Crippen LogP contribution is -2.47. The quantitative estimate of drug-likeness (QED) is 0.913. The van der Waals surface area contributed by atoms with Gasteiger partial charge in [0.2, 0.25) is 11.8 Å². The second-order valence-electron chi connectivity index (χ2n) is 7.29. The second kappa shape index (κ2) is 6.99. The highest BCUT2D eigenvalue weighted by Crippen LogP contribution is 2.31. The van der Waals surface area contributed by atoms with Crippen LogP contribution in [0.1, 0.15) is 52.7 Å². The second-order valence-corrected chi connectivity index (χ2v) is 7.29. The molecule has 1 aliphatic heterocycles. The number of carbonyl (C=O) groups is 3. The van der Waals surface area contributed by atoms with Gasteiger partial charge in [-0.1, -0.05) is 48.5 Å². The minimum absolute atomic E-state index is 0.0774. The van der Waals surface area contributed by atoms with Gasteiger partial charge in [-0.3, -0.25) is 14.4 Å². The van der Waals surface area contributed by atoms with Gasteiger partial charge in [0, 0.05) is 25.1 Å². The summed E-state index contributed by atoms with van der Waals surface area (Å²) in [5.74, 6) is -0.578. The average molecular weight is 362 g/mol. The zero-order chi connectivity index (χ0) is 19.0. The Balaban J connectivity index is 1.44. The molecule has 0 radical (unpaired) electrons. The maximum absolute atomic E-state index is 12.8. The Labute approximate surface area is 158 Å². The Morgan fingerprint density at radius 2 is 1.67 bits per heavy atom. The highest BCUT2D eigenvalue weighted by Gasteiger charge is 2.33. The highest BCUT2D eigenvalue weighted by atomic mass is 16.2. The van der Waals surface area contributed by atoms with Crippen molar-refractivity contribution in [2.75, 3.05) is 0 Å². The van der Waals surface area contributed by atoms with Crippen molar-refractivity contribution in [3.8, 4) is 0 Å². The summed E-state index contributed by atoms with van der Waals surface area (Å²) in [7, 11) is 0. The van der Waals surface area contributed by atoms with E-state index in [9.17, 15) is 14.4 Å². The van der Waals surface area contributed by atoms with E-state index in [4.69, 9.17) is 0 Å². The van der Waals surface area contributed by atoms with Crippen molar-refractivity contribution >= 4 is 17.6 Å². The normalized spacial score (nSPS) is 19.2. The molecule has 1 aliphatic carbocycles. The van der Waals surface area contributed by atoms with Gasteiger partial charge in [0.1, 0.15) is 6.04 Å². The molecular weight excluding hydrogens is 340 g/mol. The number of nitrogens with zero attached hydrogens (tertiary/aromatic N) is 1. The standard InChI is InChI=1S/C22H22N2O3/c1-14(22(27)24-12-15-6-2-3-7-16(15)13-24)23-21(26)19-10-11-20(25)18-9-5-4-8-17(18)19/h2-9,14,19H,10-13H2,1H3,(H,23,26)/t14-,19?/m0/s1. The molecular formula is C22H22N2O3. The molecule has 2 atom stereocenters. The summed E-state index contributed by atoms with van der Waals surface area (Å²) in [4.78, 5) is 39.5. The smallest absolute Gasteiger partial charge is 0.245 e. The number of ketones is 1. The van der Waals surface area contributed by atoms with E-state index < -0.39 is 6.04 Å². The fourth-order valence-electron chi connectivity index (χ4n) is 4.03. The molecule has 5 heteroatoms. The highest BCUT2D eigenvalue weighted by molar-refractivity contribution is 6.02. The van der Waals surface area contributed by atoms with Gasteiger partial charge in [-0.2, -0.15) is 0 Å².